The number of hydrogen-bond acceptors (Lipinski definition) is 6. The quantitative estimate of drug-likeness (QED) is 0.490. The summed E-state index contributed by atoms with van der Waals surface area (Å²) in [7, 11) is 0. The molecule has 1 aliphatic rings. The SMILES string of the molecule is Cc1nc(CNC(=O)OCC2c3ccccc3-c3ccccc32)sc1C(=O)N[C@@H](C)C(=O)O. The van der Waals surface area contributed by atoms with Crippen LogP contribution in [0.1, 0.15) is 44.3 Å². The van der Waals surface area contributed by atoms with Gasteiger partial charge in [0.05, 0.1) is 12.2 Å². The number of ether oxygens (including phenoxy) is 1. The van der Waals surface area contributed by atoms with Gasteiger partial charge >= 0.3 is 12.1 Å². The number of benzene rings is 2. The van der Waals surface area contributed by atoms with Crippen LogP contribution in [-0.2, 0) is 16.1 Å². The molecular formula is C24H23N3O5S. The molecule has 2 aromatic carbocycles. The number of aryl methyl sites for hydroxylation is 1. The van der Waals surface area contributed by atoms with Crippen LogP contribution < -0.4 is 10.6 Å². The second-order valence-electron chi connectivity index (χ2n) is 7.73. The van der Waals surface area contributed by atoms with E-state index in [1.807, 2.05) is 24.3 Å². The molecule has 0 saturated carbocycles. The Morgan fingerprint density at radius 2 is 1.70 bits per heavy atom. The van der Waals surface area contributed by atoms with E-state index in [1.54, 1.807) is 6.92 Å². The van der Waals surface area contributed by atoms with Gasteiger partial charge in [-0.3, -0.25) is 9.59 Å². The lowest BCUT2D eigenvalue weighted by atomic mass is 9.98. The standard InChI is InChI=1S/C24H23N3O5S/c1-13-21(22(28)27-14(2)23(29)30)33-20(26-13)11-25-24(31)32-12-19-17-9-5-3-7-15(17)16-8-4-6-10-18(16)19/h3-10,14,19H,11-12H2,1-2H3,(H,25,31)(H,27,28)(H,29,30)/t14-/m0/s1. The zero-order chi connectivity index (χ0) is 23.5. The highest BCUT2D eigenvalue weighted by Crippen LogP contribution is 2.44. The lowest BCUT2D eigenvalue weighted by Gasteiger charge is -2.14. The number of nitrogens with zero attached hydrogens (tertiary/aromatic N) is 1. The van der Waals surface area contributed by atoms with Gasteiger partial charge in [0, 0.05) is 5.92 Å². The fourth-order valence-corrected chi connectivity index (χ4v) is 4.77. The zero-order valence-corrected chi connectivity index (χ0v) is 18.9. The molecule has 170 valence electrons. The molecule has 0 unspecified atom stereocenters. The number of carboxylic acids is 1. The van der Waals surface area contributed by atoms with E-state index in [4.69, 9.17) is 9.84 Å². The van der Waals surface area contributed by atoms with Gasteiger partial charge in [-0.2, -0.15) is 0 Å². The number of nitrogens with one attached hydrogen (secondary N) is 2. The first-order valence-corrected chi connectivity index (χ1v) is 11.3. The molecule has 2 amide bonds. The molecule has 0 fully saturated rings. The van der Waals surface area contributed by atoms with Crippen LogP contribution in [0.3, 0.4) is 0 Å². The van der Waals surface area contributed by atoms with Gasteiger partial charge in [0.1, 0.15) is 22.5 Å². The summed E-state index contributed by atoms with van der Waals surface area (Å²) in [5.41, 5.74) is 5.05. The number of hydrogen-bond donors (Lipinski definition) is 3. The number of carbonyl (C=O) groups excluding carboxylic acids is 2. The largest absolute Gasteiger partial charge is 0.480 e. The summed E-state index contributed by atoms with van der Waals surface area (Å²) in [4.78, 5) is 40.2. The van der Waals surface area contributed by atoms with Gasteiger partial charge in [0.25, 0.3) is 5.91 Å². The number of aliphatic carboxylic acids is 1. The first-order valence-electron chi connectivity index (χ1n) is 10.4. The fourth-order valence-electron chi connectivity index (χ4n) is 3.86. The second kappa shape index (κ2) is 9.41. The lowest BCUT2D eigenvalue weighted by molar-refractivity contribution is -0.138. The van der Waals surface area contributed by atoms with E-state index in [0.717, 1.165) is 33.6 Å². The second-order valence-corrected chi connectivity index (χ2v) is 8.82. The third-order valence-electron chi connectivity index (χ3n) is 5.49. The van der Waals surface area contributed by atoms with E-state index in [2.05, 4.69) is 39.9 Å². The summed E-state index contributed by atoms with van der Waals surface area (Å²) in [6.45, 7) is 3.35. The Morgan fingerprint density at radius 1 is 1.09 bits per heavy atom. The van der Waals surface area contributed by atoms with Gasteiger partial charge in [-0.1, -0.05) is 48.5 Å². The Labute approximate surface area is 194 Å². The molecule has 0 bridgehead atoms. The maximum absolute atomic E-state index is 12.3. The molecule has 0 saturated heterocycles. The number of rotatable bonds is 7. The van der Waals surface area contributed by atoms with Crippen molar-refractivity contribution in [3.05, 3.63) is 75.2 Å². The summed E-state index contributed by atoms with van der Waals surface area (Å²) in [6.07, 6.45) is -0.574. The van der Waals surface area contributed by atoms with E-state index in [0.29, 0.717) is 15.6 Å². The van der Waals surface area contributed by atoms with Gasteiger partial charge in [0.2, 0.25) is 0 Å². The third-order valence-corrected chi connectivity index (χ3v) is 6.65. The van der Waals surface area contributed by atoms with Crippen molar-refractivity contribution in [2.45, 2.75) is 32.4 Å². The molecule has 1 atom stereocenters. The highest BCUT2D eigenvalue weighted by molar-refractivity contribution is 7.13. The molecule has 1 aliphatic carbocycles. The van der Waals surface area contributed by atoms with Gasteiger partial charge in [0.15, 0.2) is 0 Å². The molecule has 33 heavy (non-hydrogen) atoms. The van der Waals surface area contributed by atoms with E-state index >= 15 is 0 Å². The number of carboxylic acid groups (broad SMARTS) is 1. The average Bonchev–Trinajstić information content (AvgIpc) is 3.34. The molecule has 0 aliphatic heterocycles. The number of carbonyl (C=O) groups is 3. The minimum Gasteiger partial charge on any atom is -0.480 e. The minimum atomic E-state index is -1.12. The summed E-state index contributed by atoms with van der Waals surface area (Å²) < 4.78 is 5.51. The van der Waals surface area contributed by atoms with Crippen LogP contribution in [0.25, 0.3) is 11.1 Å². The molecule has 3 aromatic rings. The normalized spacial score (nSPS) is 13.0. The number of fused-ring (bicyclic) bond motifs is 3. The fraction of sp³-hybridized carbons (Fsp3) is 0.250. The van der Waals surface area contributed by atoms with E-state index in [1.165, 1.54) is 6.92 Å². The molecular weight excluding hydrogens is 442 g/mol. The Bertz CT molecular complexity index is 1180. The summed E-state index contributed by atoms with van der Waals surface area (Å²) in [5.74, 6) is -1.66. The summed E-state index contributed by atoms with van der Waals surface area (Å²) in [6, 6.07) is 15.2. The van der Waals surface area contributed by atoms with Gasteiger partial charge in [-0.25, -0.2) is 9.78 Å². The van der Waals surface area contributed by atoms with Gasteiger partial charge in [-0.05, 0) is 36.1 Å². The molecule has 4 rings (SSSR count). The first-order chi connectivity index (χ1) is 15.8. The maximum atomic E-state index is 12.3. The smallest absolute Gasteiger partial charge is 0.407 e. The van der Waals surface area contributed by atoms with Gasteiger partial charge in [-0.15, -0.1) is 11.3 Å². The van der Waals surface area contributed by atoms with Crippen molar-refractivity contribution in [2.24, 2.45) is 0 Å². The number of alkyl carbamates (subject to hydrolysis) is 1. The Balaban J connectivity index is 1.35. The van der Waals surface area contributed by atoms with Crippen molar-refractivity contribution in [1.29, 1.82) is 0 Å². The van der Waals surface area contributed by atoms with Crippen molar-refractivity contribution in [2.75, 3.05) is 6.61 Å². The first kappa shape index (κ1) is 22.5. The van der Waals surface area contributed by atoms with Crippen LogP contribution >= 0.6 is 11.3 Å². The van der Waals surface area contributed by atoms with E-state index in [-0.39, 0.29) is 19.1 Å². The summed E-state index contributed by atoms with van der Waals surface area (Å²) in [5, 5.41) is 14.5. The van der Waals surface area contributed by atoms with Crippen molar-refractivity contribution in [1.82, 2.24) is 15.6 Å². The van der Waals surface area contributed by atoms with Crippen molar-refractivity contribution < 1.29 is 24.2 Å². The zero-order valence-electron chi connectivity index (χ0n) is 18.1. The minimum absolute atomic E-state index is 0.0308. The van der Waals surface area contributed by atoms with Crippen LogP contribution in [0.2, 0.25) is 0 Å². The number of amides is 2. The van der Waals surface area contributed by atoms with Crippen LogP contribution in [0, 0.1) is 6.92 Å². The Kier molecular flexibility index (Phi) is 6.41. The molecule has 0 radical (unpaired) electrons. The predicted molar refractivity (Wildman–Crippen MR) is 123 cm³/mol. The molecule has 1 heterocycles. The predicted octanol–water partition coefficient (Wildman–Crippen LogP) is 3.69. The van der Waals surface area contributed by atoms with Gasteiger partial charge < -0.3 is 20.5 Å². The van der Waals surface area contributed by atoms with Crippen molar-refractivity contribution >= 4 is 29.3 Å². The van der Waals surface area contributed by atoms with E-state index in [9.17, 15) is 14.4 Å². The molecule has 1 aromatic heterocycles. The average molecular weight is 466 g/mol. The summed E-state index contributed by atoms with van der Waals surface area (Å²) >= 11 is 1.10. The van der Waals surface area contributed by atoms with Crippen molar-refractivity contribution in [3.8, 4) is 11.1 Å². The highest BCUT2D eigenvalue weighted by atomic mass is 32.1. The third kappa shape index (κ3) is 4.73. The Hall–Kier alpha value is -3.72. The topological polar surface area (TPSA) is 118 Å². The molecule has 8 nitrogen and oxygen atoms in total. The number of thiazole rings is 1. The molecule has 9 heteroatoms. The van der Waals surface area contributed by atoms with E-state index < -0.39 is 24.0 Å². The molecule has 0 spiro atoms. The van der Waals surface area contributed by atoms with Crippen LogP contribution in [0.5, 0.6) is 0 Å². The Morgan fingerprint density at radius 3 is 2.30 bits per heavy atom. The molecule has 3 N–H and O–H groups in total. The van der Waals surface area contributed by atoms with Crippen LogP contribution in [0.15, 0.2) is 48.5 Å². The van der Waals surface area contributed by atoms with Crippen LogP contribution in [0.4, 0.5) is 4.79 Å². The highest BCUT2D eigenvalue weighted by Gasteiger charge is 2.29. The lowest BCUT2D eigenvalue weighted by Crippen LogP contribution is -2.38. The monoisotopic (exact) mass is 465 g/mol. The van der Waals surface area contributed by atoms with Crippen LogP contribution in [-0.4, -0.2) is 40.7 Å². The van der Waals surface area contributed by atoms with Crippen molar-refractivity contribution in [3.63, 3.8) is 0 Å². The maximum Gasteiger partial charge on any atom is 0.407 e. The number of aromatic nitrogens is 1.